The van der Waals surface area contributed by atoms with Gasteiger partial charge in [0.2, 0.25) is 0 Å². The zero-order valence-electron chi connectivity index (χ0n) is 12.8. The Labute approximate surface area is 115 Å². The molecule has 108 valence electrons. The van der Waals surface area contributed by atoms with Crippen LogP contribution in [0.4, 0.5) is 0 Å². The van der Waals surface area contributed by atoms with E-state index in [1.54, 1.807) is 21.3 Å². The second kappa shape index (κ2) is 7.13. The Hall–Kier alpha value is 0.231. The first-order valence-electron chi connectivity index (χ1n) is 6.15. The van der Waals surface area contributed by atoms with E-state index in [1.165, 1.54) is 0 Å². The van der Waals surface area contributed by atoms with E-state index in [9.17, 15) is 0 Å². The summed E-state index contributed by atoms with van der Waals surface area (Å²) in [5, 5.41) is 0. The van der Waals surface area contributed by atoms with Crippen LogP contribution in [-0.2, 0) is 17.4 Å². The van der Waals surface area contributed by atoms with Crippen LogP contribution in [0.5, 0.6) is 0 Å². The van der Waals surface area contributed by atoms with Gasteiger partial charge in [-0.1, -0.05) is 5.70 Å². The largest absolute Gasteiger partial charge is 0.499 e. The Kier molecular flexibility index (Phi) is 7.22. The first kappa shape index (κ1) is 18.2. The van der Waals surface area contributed by atoms with Gasteiger partial charge < -0.3 is 17.4 Å². The van der Waals surface area contributed by atoms with Crippen LogP contribution >= 0.6 is 0 Å². The predicted molar refractivity (Wildman–Crippen MR) is 82.6 cm³/mol. The van der Waals surface area contributed by atoms with E-state index in [0.717, 1.165) is 12.1 Å². The van der Waals surface area contributed by atoms with E-state index in [1.807, 2.05) is 5.70 Å². The normalized spacial score (nSPS) is 13.7. The third-order valence-electron chi connectivity index (χ3n) is 3.00. The highest BCUT2D eigenvalue weighted by molar-refractivity contribution is 6.87. The van der Waals surface area contributed by atoms with Crippen molar-refractivity contribution in [3.8, 4) is 0 Å². The lowest BCUT2D eigenvalue weighted by Gasteiger charge is -2.34. The van der Waals surface area contributed by atoms with Gasteiger partial charge in [-0.2, -0.15) is 0 Å². The van der Waals surface area contributed by atoms with Crippen molar-refractivity contribution in [2.24, 2.45) is 0 Å². The lowest BCUT2D eigenvalue weighted by Crippen LogP contribution is -2.48. The minimum absolute atomic E-state index is 0.803. The molecule has 0 atom stereocenters. The second-order valence-electron chi connectivity index (χ2n) is 5.46. The highest BCUT2D eigenvalue weighted by Gasteiger charge is 2.41. The van der Waals surface area contributed by atoms with Crippen LogP contribution in [0.15, 0.2) is 12.3 Å². The van der Waals surface area contributed by atoms with Gasteiger partial charge in [0.1, 0.15) is 0 Å². The zero-order chi connectivity index (χ0) is 14.4. The van der Waals surface area contributed by atoms with Gasteiger partial charge in [-0.05, 0) is 32.2 Å². The Morgan fingerprint density at radius 2 is 1.33 bits per heavy atom. The molecular formula is C11H28O4Si3. The third-order valence-corrected chi connectivity index (χ3v) is 13.0. The Morgan fingerprint density at radius 1 is 0.889 bits per heavy atom. The van der Waals surface area contributed by atoms with E-state index < -0.39 is 25.4 Å². The topological polar surface area (TPSA) is 36.9 Å². The molecule has 0 aliphatic rings. The van der Waals surface area contributed by atoms with Crippen molar-refractivity contribution in [2.45, 2.75) is 38.3 Å². The van der Waals surface area contributed by atoms with Crippen LogP contribution in [0.1, 0.15) is 0 Å². The SMILES string of the molecule is C=C[Si](C)(C)O[Si](C)(C)CC[Si](OC)(OC)OC. The molecule has 0 aromatic rings. The monoisotopic (exact) mass is 308 g/mol. The van der Waals surface area contributed by atoms with Crippen LogP contribution in [0.3, 0.4) is 0 Å². The van der Waals surface area contributed by atoms with Gasteiger partial charge in [-0.3, -0.25) is 0 Å². The fraction of sp³-hybridized carbons (Fsp3) is 0.818. The summed E-state index contributed by atoms with van der Waals surface area (Å²) < 4.78 is 22.6. The average Bonchev–Trinajstić information content (AvgIpc) is 2.30. The molecule has 0 saturated heterocycles. The summed E-state index contributed by atoms with van der Waals surface area (Å²) in [6.45, 7) is 12.7. The lowest BCUT2D eigenvalue weighted by molar-refractivity contribution is 0.125. The molecule has 0 fully saturated rings. The van der Waals surface area contributed by atoms with Gasteiger partial charge in [-0.15, -0.1) is 6.58 Å². The van der Waals surface area contributed by atoms with E-state index in [0.29, 0.717) is 0 Å². The van der Waals surface area contributed by atoms with E-state index in [4.69, 9.17) is 17.4 Å². The molecule has 0 aliphatic heterocycles. The number of rotatable bonds is 9. The van der Waals surface area contributed by atoms with Crippen molar-refractivity contribution < 1.29 is 17.4 Å². The molecule has 0 unspecified atom stereocenters. The number of hydrogen-bond donors (Lipinski definition) is 0. The van der Waals surface area contributed by atoms with Gasteiger partial charge >= 0.3 is 8.80 Å². The van der Waals surface area contributed by atoms with Gasteiger partial charge in [0.15, 0.2) is 16.6 Å². The first-order chi connectivity index (χ1) is 8.16. The van der Waals surface area contributed by atoms with E-state index in [-0.39, 0.29) is 0 Å². The van der Waals surface area contributed by atoms with Crippen molar-refractivity contribution in [2.75, 3.05) is 21.3 Å². The molecule has 0 aromatic carbocycles. The summed E-state index contributed by atoms with van der Waals surface area (Å²) in [6, 6.07) is 1.77. The van der Waals surface area contributed by atoms with Crippen molar-refractivity contribution in [3.63, 3.8) is 0 Å². The second-order valence-corrected chi connectivity index (χ2v) is 17.0. The zero-order valence-corrected chi connectivity index (χ0v) is 15.8. The molecule has 0 radical (unpaired) electrons. The molecule has 0 N–H and O–H groups in total. The van der Waals surface area contributed by atoms with Crippen molar-refractivity contribution in [3.05, 3.63) is 12.3 Å². The fourth-order valence-electron chi connectivity index (χ4n) is 1.82. The predicted octanol–water partition coefficient (Wildman–Crippen LogP) is 3.02. The molecule has 0 saturated carbocycles. The molecule has 0 rings (SSSR count). The lowest BCUT2D eigenvalue weighted by atomic mass is 10.9. The van der Waals surface area contributed by atoms with Crippen LogP contribution < -0.4 is 0 Å². The minimum Gasteiger partial charge on any atom is -0.453 e. The summed E-state index contributed by atoms with van der Waals surface area (Å²) in [5.74, 6) is 0. The maximum atomic E-state index is 6.32. The minimum atomic E-state index is -2.47. The standard InChI is InChI=1S/C11H28O4Si3/c1-9-16(5,6)15-17(7,8)10-11-18(12-2,13-3)14-4/h9H,1,10-11H2,2-8H3. The van der Waals surface area contributed by atoms with Gasteiger partial charge in [0, 0.05) is 27.4 Å². The van der Waals surface area contributed by atoms with Crippen LogP contribution in [0.2, 0.25) is 38.3 Å². The Morgan fingerprint density at radius 3 is 1.67 bits per heavy atom. The highest BCUT2D eigenvalue weighted by atomic mass is 28.4. The van der Waals surface area contributed by atoms with Crippen molar-refractivity contribution >= 4 is 25.4 Å². The third kappa shape index (κ3) is 5.91. The summed E-state index contributed by atoms with van der Waals surface area (Å²) in [7, 11) is -0.973. The Balaban J connectivity index is 4.54. The Bertz CT molecular complexity index is 257. The molecule has 4 nitrogen and oxygen atoms in total. The summed E-state index contributed by atoms with van der Waals surface area (Å²) in [6.07, 6.45) is 0. The van der Waals surface area contributed by atoms with E-state index in [2.05, 4.69) is 32.8 Å². The first-order valence-corrected chi connectivity index (χ1v) is 14.2. The fourth-order valence-corrected chi connectivity index (χ4v) is 13.0. The molecule has 0 bridgehead atoms. The molecule has 0 heterocycles. The van der Waals surface area contributed by atoms with Gasteiger partial charge in [0.05, 0.1) is 0 Å². The summed E-state index contributed by atoms with van der Waals surface area (Å²) in [4.78, 5) is 0. The molecule has 0 spiro atoms. The van der Waals surface area contributed by atoms with Crippen LogP contribution in [0, 0.1) is 0 Å². The maximum absolute atomic E-state index is 6.32. The smallest absolute Gasteiger partial charge is 0.453 e. The molecule has 0 amide bonds. The molecule has 0 aliphatic carbocycles. The van der Waals surface area contributed by atoms with Gasteiger partial charge in [0.25, 0.3) is 0 Å². The molecule has 0 aromatic heterocycles. The van der Waals surface area contributed by atoms with Crippen LogP contribution in [0.25, 0.3) is 0 Å². The average molecular weight is 309 g/mol. The maximum Gasteiger partial charge on any atom is 0.499 e. The summed E-state index contributed by atoms with van der Waals surface area (Å²) >= 11 is 0. The van der Waals surface area contributed by atoms with Crippen molar-refractivity contribution in [1.82, 2.24) is 0 Å². The molecule has 18 heavy (non-hydrogen) atoms. The number of hydrogen-bond acceptors (Lipinski definition) is 4. The highest BCUT2D eigenvalue weighted by Crippen LogP contribution is 2.25. The van der Waals surface area contributed by atoms with Crippen LogP contribution in [-0.4, -0.2) is 46.8 Å². The van der Waals surface area contributed by atoms with Crippen molar-refractivity contribution in [1.29, 1.82) is 0 Å². The van der Waals surface area contributed by atoms with Gasteiger partial charge in [-0.25, -0.2) is 0 Å². The quantitative estimate of drug-likeness (QED) is 0.614. The van der Waals surface area contributed by atoms with E-state index >= 15 is 0 Å². The summed E-state index contributed by atoms with van der Waals surface area (Å²) in [5.41, 5.74) is 1.98. The molecule has 7 heteroatoms. The molecular weight excluding hydrogens is 280 g/mol.